The van der Waals surface area contributed by atoms with E-state index < -0.39 is 0 Å². The monoisotopic (exact) mass is 285 g/mol. The van der Waals surface area contributed by atoms with Gasteiger partial charge < -0.3 is 14.5 Å². The van der Waals surface area contributed by atoms with Crippen molar-refractivity contribution in [2.24, 2.45) is 7.05 Å². The van der Waals surface area contributed by atoms with Gasteiger partial charge >= 0.3 is 0 Å². The van der Waals surface area contributed by atoms with Gasteiger partial charge in [-0.2, -0.15) is 5.10 Å². The van der Waals surface area contributed by atoms with Crippen molar-refractivity contribution in [3.8, 4) is 5.75 Å². The third kappa shape index (κ3) is 2.78. The van der Waals surface area contributed by atoms with Crippen LogP contribution < -0.4 is 10.1 Å². The molecule has 5 heteroatoms. The van der Waals surface area contributed by atoms with Crippen LogP contribution in [0.25, 0.3) is 11.0 Å². The van der Waals surface area contributed by atoms with Crippen LogP contribution in [0.5, 0.6) is 5.75 Å². The number of nitrogens with one attached hydrogen (secondary N) is 1. The fourth-order valence-electron chi connectivity index (χ4n) is 2.35. The summed E-state index contributed by atoms with van der Waals surface area (Å²) in [6.45, 7) is 2.78. The van der Waals surface area contributed by atoms with Gasteiger partial charge in [-0.05, 0) is 25.1 Å². The Labute approximate surface area is 123 Å². The predicted molar refractivity (Wildman–Crippen MR) is 81.2 cm³/mol. The van der Waals surface area contributed by atoms with Gasteiger partial charge in [-0.1, -0.05) is 12.1 Å². The Bertz CT molecular complexity index is 745. The summed E-state index contributed by atoms with van der Waals surface area (Å²) in [5.41, 5.74) is 1.81. The number of benzene rings is 1. The van der Waals surface area contributed by atoms with Crippen LogP contribution in [-0.4, -0.2) is 16.9 Å². The molecule has 3 aromatic rings. The van der Waals surface area contributed by atoms with Crippen molar-refractivity contribution in [2.75, 3.05) is 7.11 Å². The molecule has 0 fully saturated rings. The minimum Gasteiger partial charge on any atom is -0.493 e. The smallest absolute Gasteiger partial charge is 0.176 e. The van der Waals surface area contributed by atoms with Crippen molar-refractivity contribution < 1.29 is 9.15 Å². The molecule has 0 saturated heterocycles. The van der Waals surface area contributed by atoms with Crippen LogP contribution in [0.2, 0.25) is 0 Å². The second kappa shape index (κ2) is 5.61. The molecular formula is C16H19N3O2. The number of para-hydroxylation sites is 1. The fourth-order valence-corrected chi connectivity index (χ4v) is 2.35. The highest BCUT2D eigenvalue weighted by atomic mass is 16.5. The molecule has 0 amide bonds. The van der Waals surface area contributed by atoms with Gasteiger partial charge in [-0.3, -0.25) is 4.68 Å². The molecule has 5 nitrogen and oxygen atoms in total. The number of fused-ring (bicyclic) bond motifs is 1. The fraction of sp³-hybridized carbons (Fsp3) is 0.312. The van der Waals surface area contributed by atoms with Gasteiger partial charge in [0.25, 0.3) is 0 Å². The third-order valence-electron chi connectivity index (χ3n) is 3.53. The molecule has 0 aliphatic carbocycles. The Kier molecular flexibility index (Phi) is 3.66. The summed E-state index contributed by atoms with van der Waals surface area (Å²) in [4.78, 5) is 0. The maximum Gasteiger partial charge on any atom is 0.176 e. The molecule has 0 aliphatic heterocycles. The number of aromatic nitrogens is 2. The second-order valence-corrected chi connectivity index (χ2v) is 5.11. The highest BCUT2D eigenvalue weighted by Gasteiger charge is 2.14. The van der Waals surface area contributed by atoms with E-state index >= 15 is 0 Å². The van der Waals surface area contributed by atoms with Gasteiger partial charge in [0, 0.05) is 25.2 Å². The van der Waals surface area contributed by atoms with E-state index in [1.54, 1.807) is 11.8 Å². The number of hydrogen-bond acceptors (Lipinski definition) is 4. The van der Waals surface area contributed by atoms with Crippen molar-refractivity contribution in [3.63, 3.8) is 0 Å². The summed E-state index contributed by atoms with van der Waals surface area (Å²) >= 11 is 0. The largest absolute Gasteiger partial charge is 0.493 e. The van der Waals surface area contributed by atoms with E-state index in [1.165, 1.54) is 0 Å². The summed E-state index contributed by atoms with van der Waals surface area (Å²) in [7, 11) is 3.57. The molecule has 0 saturated carbocycles. The molecule has 0 aliphatic rings. The van der Waals surface area contributed by atoms with Crippen molar-refractivity contribution in [1.29, 1.82) is 0 Å². The zero-order valence-corrected chi connectivity index (χ0v) is 12.5. The lowest BCUT2D eigenvalue weighted by atomic mass is 10.2. The molecule has 0 radical (unpaired) electrons. The average Bonchev–Trinajstić information content (AvgIpc) is 3.10. The Morgan fingerprint density at radius 3 is 2.95 bits per heavy atom. The number of rotatable bonds is 5. The molecule has 1 N–H and O–H groups in total. The zero-order chi connectivity index (χ0) is 14.8. The molecule has 2 aromatic heterocycles. The minimum atomic E-state index is 0.101. The highest BCUT2D eigenvalue weighted by molar-refractivity contribution is 5.83. The number of hydrogen-bond donors (Lipinski definition) is 1. The molecule has 2 heterocycles. The first-order chi connectivity index (χ1) is 10.2. The van der Waals surface area contributed by atoms with Crippen LogP contribution in [-0.2, 0) is 13.6 Å². The molecule has 1 aromatic carbocycles. The first kappa shape index (κ1) is 13.7. The number of aryl methyl sites for hydroxylation is 1. The van der Waals surface area contributed by atoms with Crippen molar-refractivity contribution in [3.05, 3.63) is 48.0 Å². The van der Waals surface area contributed by atoms with E-state index in [-0.39, 0.29) is 6.04 Å². The molecule has 21 heavy (non-hydrogen) atoms. The van der Waals surface area contributed by atoms with E-state index in [2.05, 4.69) is 17.3 Å². The summed E-state index contributed by atoms with van der Waals surface area (Å²) in [5, 5.41) is 8.82. The van der Waals surface area contributed by atoms with Crippen LogP contribution >= 0.6 is 0 Å². The molecule has 110 valence electrons. The normalized spacial score (nSPS) is 12.7. The Morgan fingerprint density at radius 2 is 2.24 bits per heavy atom. The van der Waals surface area contributed by atoms with Gasteiger partial charge in [-0.15, -0.1) is 0 Å². The summed E-state index contributed by atoms with van der Waals surface area (Å²) in [6.07, 6.45) is 1.94. The second-order valence-electron chi connectivity index (χ2n) is 5.11. The van der Waals surface area contributed by atoms with E-state index in [0.717, 1.165) is 28.2 Å². The highest BCUT2D eigenvalue weighted by Crippen LogP contribution is 2.30. The maximum atomic E-state index is 5.93. The van der Waals surface area contributed by atoms with Crippen molar-refractivity contribution in [2.45, 2.75) is 19.5 Å². The van der Waals surface area contributed by atoms with Gasteiger partial charge in [0.15, 0.2) is 11.3 Å². The lowest BCUT2D eigenvalue weighted by Crippen LogP contribution is -2.18. The SMILES string of the molecule is COc1cccc2cc(C(C)NCc3ccn(C)n3)oc12. The number of furan rings is 1. The van der Waals surface area contributed by atoms with Gasteiger partial charge in [0.05, 0.1) is 18.8 Å². The minimum absolute atomic E-state index is 0.101. The molecule has 0 spiro atoms. The Balaban J connectivity index is 1.76. The van der Waals surface area contributed by atoms with E-state index in [4.69, 9.17) is 9.15 Å². The third-order valence-corrected chi connectivity index (χ3v) is 3.53. The standard InChI is InChI=1S/C16H19N3O2/c1-11(17-10-13-7-8-19(2)18-13)15-9-12-5-4-6-14(20-3)16(12)21-15/h4-9,11,17H,10H2,1-3H3. The van der Waals surface area contributed by atoms with Gasteiger partial charge in [0.1, 0.15) is 5.76 Å². The topological polar surface area (TPSA) is 52.2 Å². The quantitative estimate of drug-likeness (QED) is 0.783. The molecule has 1 atom stereocenters. The molecule has 0 bridgehead atoms. The maximum absolute atomic E-state index is 5.93. The van der Waals surface area contributed by atoms with Gasteiger partial charge in [0.2, 0.25) is 0 Å². The van der Waals surface area contributed by atoms with Crippen LogP contribution in [0.1, 0.15) is 24.4 Å². The molecule has 3 rings (SSSR count). The first-order valence-corrected chi connectivity index (χ1v) is 6.95. The average molecular weight is 285 g/mol. The summed E-state index contributed by atoms with van der Waals surface area (Å²) in [5.74, 6) is 1.65. The molecule has 1 unspecified atom stereocenters. The van der Waals surface area contributed by atoms with Crippen molar-refractivity contribution in [1.82, 2.24) is 15.1 Å². The summed E-state index contributed by atoms with van der Waals surface area (Å²) in [6, 6.07) is 10.0. The summed E-state index contributed by atoms with van der Waals surface area (Å²) < 4.78 is 13.1. The predicted octanol–water partition coefficient (Wildman–Crippen LogP) is 3.03. The Morgan fingerprint density at radius 1 is 1.38 bits per heavy atom. The van der Waals surface area contributed by atoms with Crippen LogP contribution in [0.4, 0.5) is 0 Å². The lowest BCUT2D eigenvalue weighted by Gasteiger charge is -2.09. The first-order valence-electron chi connectivity index (χ1n) is 6.95. The zero-order valence-electron chi connectivity index (χ0n) is 12.5. The molecular weight excluding hydrogens is 266 g/mol. The van der Waals surface area contributed by atoms with Crippen LogP contribution in [0, 0.1) is 0 Å². The number of ether oxygens (including phenoxy) is 1. The van der Waals surface area contributed by atoms with Crippen molar-refractivity contribution >= 4 is 11.0 Å². The van der Waals surface area contributed by atoms with E-state index in [1.807, 2.05) is 43.6 Å². The van der Waals surface area contributed by atoms with E-state index in [9.17, 15) is 0 Å². The van der Waals surface area contributed by atoms with Gasteiger partial charge in [-0.25, -0.2) is 0 Å². The Hall–Kier alpha value is -2.27. The number of nitrogens with zero attached hydrogens (tertiary/aromatic N) is 2. The van der Waals surface area contributed by atoms with E-state index in [0.29, 0.717) is 6.54 Å². The van der Waals surface area contributed by atoms with Crippen LogP contribution in [0.3, 0.4) is 0 Å². The lowest BCUT2D eigenvalue weighted by molar-refractivity contribution is 0.399. The van der Waals surface area contributed by atoms with Crippen LogP contribution in [0.15, 0.2) is 40.9 Å². The number of methoxy groups -OCH3 is 1.